The predicted molar refractivity (Wildman–Crippen MR) is 89.1 cm³/mol. The molecule has 7 nitrogen and oxygen atoms in total. The number of alkyl halides is 3. The highest BCUT2D eigenvalue weighted by Crippen LogP contribution is 2.19. The molecule has 10 heteroatoms. The zero-order valence-electron chi connectivity index (χ0n) is 14.5. The molecule has 0 aliphatic carbocycles. The molecule has 1 aromatic rings. The van der Waals surface area contributed by atoms with Crippen LogP contribution in [0.5, 0.6) is 0 Å². The van der Waals surface area contributed by atoms with Gasteiger partial charge in [-0.1, -0.05) is 6.08 Å². The minimum absolute atomic E-state index is 0.0837. The van der Waals surface area contributed by atoms with Crippen LogP contribution in [0.1, 0.15) is 18.1 Å². The predicted octanol–water partition coefficient (Wildman–Crippen LogP) is 0.981. The van der Waals surface area contributed by atoms with E-state index >= 15 is 0 Å². The number of aliphatic imine (C=N–C) groups is 1. The number of likely N-dealkylation sites (tertiary alicyclic amines) is 1. The molecular weight excluding hydrogens is 335 g/mol. The molecule has 1 aromatic heterocycles. The lowest BCUT2D eigenvalue weighted by Crippen LogP contribution is -2.45. The first-order valence-electron chi connectivity index (χ1n) is 8.08. The van der Waals surface area contributed by atoms with E-state index in [4.69, 9.17) is 0 Å². The van der Waals surface area contributed by atoms with E-state index in [2.05, 4.69) is 32.4 Å². The van der Waals surface area contributed by atoms with Gasteiger partial charge in [-0.2, -0.15) is 13.2 Å². The molecule has 0 saturated carbocycles. The number of aryl methyl sites for hydroxylation is 1. The van der Waals surface area contributed by atoms with Gasteiger partial charge in [0.1, 0.15) is 12.4 Å². The maximum absolute atomic E-state index is 12.5. The molecule has 1 fully saturated rings. The zero-order valence-corrected chi connectivity index (χ0v) is 14.5. The molecule has 0 bridgehead atoms. The van der Waals surface area contributed by atoms with Crippen molar-refractivity contribution in [2.75, 3.05) is 26.2 Å². The molecule has 1 saturated heterocycles. The molecule has 25 heavy (non-hydrogen) atoms. The minimum atomic E-state index is -4.17. The molecule has 2 rings (SSSR count). The fourth-order valence-electron chi connectivity index (χ4n) is 2.60. The Bertz CT molecular complexity index is 609. The van der Waals surface area contributed by atoms with Crippen molar-refractivity contribution in [1.82, 2.24) is 30.3 Å². The summed E-state index contributed by atoms with van der Waals surface area (Å²) in [5.74, 6) is 2.03. The third-order valence-electron chi connectivity index (χ3n) is 3.99. The Hall–Kier alpha value is -2.10. The summed E-state index contributed by atoms with van der Waals surface area (Å²) < 4.78 is 39.3. The number of nitrogens with zero attached hydrogens (tertiary/aromatic N) is 5. The van der Waals surface area contributed by atoms with Crippen LogP contribution in [0.2, 0.25) is 0 Å². The maximum Gasteiger partial charge on any atom is 0.401 e. The molecule has 1 aliphatic heterocycles. The van der Waals surface area contributed by atoms with Crippen LogP contribution in [-0.2, 0) is 13.6 Å². The summed E-state index contributed by atoms with van der Waals surface area (Å²) in [4.78, 5) is 5.85. The van der Waals surface area contributed by atoms with E-state index in [9.17, 15) is 13.2 Å². The summed E-state index contributed by atoms with van der Waals surface area (Å²) in [7, 11) is 1.86. The van der Waals surface area contributed by atoms with E-state index in [1.807, 2.05) is 18.5 Å². The molecule has 2 heterocycles. The van der Waals surface area contributed by atoms with Crippen molar-refractivity contribution in [2.45, 2.75) is 32.1 Å². The number of nitrogens with one attached hydrogen (secondary N) is 2. The molecule has 0 radical (unpaired) electrons. The van der Waals surface area contributed by atoms with Crippen LogP contribution in [0.4, 0.5) is 13.2 Å². The second-order valence-corrected chi connectivity index (χ2v) is 6.04. The standard InChI is InChI=1S/C15H24F3N7/c1-4-6-19-14(20-8-13-23-22-11(2)24(13)3)21-12-5-7-25(9-12)10-15(16,17)18/h4,12H,1,5-10H2,2-3H3,(H2,19,20,21). The van der Waals surface area contributed by atoms with Crippen molar-refractivity contribution in [3.63, 3.8) is 0 Å². The normalized spacial score (nSPS) is 19.2. The van der Waals surface area contributed by atoms with Gasteiger partial charge in [-0.25, -0.2) is 4.99 Å². The number of halogens is 3. The third-order valence-corrected chi connectivity index (χ3v) is 3.99. The monoisotopic (exact) mass is 359 g/mol. The Morgan fingerprint density at radius 3 is 2.80 bits per heavy atom. The average molecular weight is 359 g/mol. The van der Waals surface area contributed by atoms with Gasteiger partial charge >= 0.3 is 6.18 Å². The fraction of sp³-hybridized carbons (Fsp3) is 0.667. The van der Waals surface area contributed by atoms with E-state index in [0.717, 1.165) is 5.82 Å². The minimum Gasteiger partial charge on any atom is -0.353 e. The van der Waals surface area contributed by atoms with Crippen molar-refractivity contribution >= 4 is 5.96 Å². The lowest BCUT2D eigenvalue weighted by atomic mass is 10.3. The van der Waals surface area contributed by atoms with Gasteiger partial charge < -0.3 is 15.2 Å². The van der Waals surface area contributed by atoms with Crippen LogP contribution in [-0.4, -0.2) is 64.0 Å². The van der Waals surface area contributed by atoms with Crippen LogP contribution in [0.25, 0.3) is 0 Å². The summed E-state index contributed by atoms with van der Waals surface area (Å²) in [5, 5.41) is 14.3. The van der Waals surface area contributed by atoms with Crippen LogP contribution in [0, 0.1) is 6.92 Å². The Morgan fingerprint density at radius 2 is 2.20 bits per heavy atom. The second-order valence-electron chi connectivity index (χ2n) is 6.04. The molecule has 1 atom stereocenters. The molecule has 1 unspecified atom stereocenters. The summed E-state index contributed by atoms with van der Waals surface area (Å²) in [6, 6.07) is -0.0837. The molecule has 0 aromatic carbocycles. The molecule has 0 amide bonds. The van der Waals surface area contributed by atoms with Gasteiger partial charge in [-0.05, 0) is 13.3 Å². The van der Waals surface area contributed by atoms with Crippen molar-refractivity contribution < 1.29 is 13.2 Å². The topological polar surface area (TPSA) is 70.4 Å². The number of hydrogen-bond acceptors (Lipinski definition) is 4. The van der Waals surface area contributed by atoms with Crippen molar-refractivity contribution in [3.05, 3.63) is 24.3 Å². The largest absolute Gasteiger partial charge is 0.401 e. The summed E-state index contributed by atoms with van der Waals surface area (Å²) in [6.45, 7) is 6.19. The number of aromatic nitrogens is 3. The van der Waals surface area contributed by atoms with Crippen LogP contribution in [0.15, 0.2) is 17.6 Å². The molecular formula is C15H24F3N7. The Kier molecular flexibility index (Phi) is 6.40. The van der Waals surface area contributed by atoms with Gasteiger partial charge in [0.25, 0.3) is 0 Å². The van der Waals surface area contributed by atoms with Crippen LogP contribution in [0.3, 0.4) is 0 Å². The van der Waals surface area contributed by atoms with Crippen LogP contribution >= 0.6 is 0 Å². The quantitative estimate of drug-likeness (QED) is 0.450. The molecule has 1 aliphatic rings. The molecule has 0 spiro atoms. The van der Waals surface area contributed by atoms with Gasteiger partial charge in [0.2, 0.25) is 0 Å². The highest BCUT2D eigenvalue weighted by atomic mass is 19.4. The third kappa shape index (κ3) is 6.04. The first-order valence-corrected chi connectivity index (χ1v) is 8.08. The SMILES string of the molecule is C=CCNC(=NCc1nnc(C)n1C)NC1CCN(CC(F)(F)F)C1. The van der Waals surface area contributed by atoms with Gasteiger partial charge in [0.15, 0.2) is 11.8 Å². The van der Waals surface area contributed by atoms with Crippen molar-refractivity contribution in [3.8, 4) is 0 Å². The van der Waals surface area contributed by atoms with E-state index in [-0.39, 0.29) is 6.04 Å². The highest BCUT2D eigenvalue weighted by Gasteiger charge is 2.34. The zero-order chi connectivity index (χ0) is 18.4. The van der Waals surface area contributed by atoms with E-state index in [1.54, 1.807) is 6.08 Å². The maximum atomic E-state index is 12.5. The van der Waals surface area contributed by atoms with Gasteiger partial charge in [-0.3, -0.25) is 4.90 Å². The highest BCUT2D eigenvalue weighted by molar-refractivity contribution is 5.80. The van der Waals surface area contributed by atoms with E-state index in [0.29, 0.717) is 44.4 Å². The number of guanidine groups is 1. The van der Waals surface area contributed by atoms with Crippen molar-refractivity contribution in [1.29, 1.82) is 0 Å². The van der Waals surface area contributed by atoms with Gasteiger partial charge in [0.05, 0.1) is 6.54 Å². The number of rotatable bonds is 6. The lowest BCUT2D eigenvalue weighted by Gasteiger charge is -2.19. The molecule has 2 N–H and O–H groups in total. The Labute approximate surface area is 145 Å². The first kappa shape index (κ1) is 19.2. The van der Waals surface area contributed by atoms with Crippen molar-refractivity contribution in [2.24, 2.45) is 12.0 Å². The van der Waals surface area contributed by atoms with Crippen LogP contribution < -0.4 is 10.6 Å². The first-order chi connectivity index (χ1) is 11.8. The molecule has 140 valence electrons. The summed E-state index contributed by atoms with van der Waals surface area (Å²) >= 11 is 0. The number of hydrogen-bond donors (Lipinski definition) is 2. The smallest absolute Gasteiger partial charge is 0.353 e. The van der Waals surface area contributed by atoms with E-state index in [1.165, 1.54) is 4.90 Å². The van der Waals surface area contributed by atoms with Gasteiger partial charge in [-0.15, -0.1) is 16.8 Å². The average Bonchev–Trinajstić information content (AvgIpc) is 3.08. The van der Waals surface area contributed by atoms with Gasteiger partial charge in [0, 0.05) is 32.7 Å². The fourth-order valence-corrected chi connectivity index (χ4v) is 2.60. The summed E-state index contributed by atoms with van der Waals surface area (Å²) in [6.07, 6.45) is -1.85. The van der Waals surface area contributed by atoms with E-state index < -0.39 is 12.7 Å². The Morgan fingerprint density at radius 1 is 1.44 bits per heavy atom. The lowest BCUT2D eigenvalue weighted by molar-refractivity contribution is -0.143. The Balaban J connectivity index is 1.94. The summed E-state index contributed by atoms with van der Waals surface area (Å²) in [5.41, 5.74) is 0. The second kappa shape index (κ2) is 8.32.